The molecule has 144 valence electrons. The van der Waals surface area contributed by atoms with Crippen molar-refractivity contribution in [2.45, 2.75) is 13.0 Å². The van der Waals surface area contributed by atoms with Crippen LogP contribution in [0.5, 0.6) is 0 Å². The topological polar surface area (TPSA) is 88.2 Å². The van der Waals surface area contributed by atoms with Crippen LogP contribution in [-0.4, -0.2) is 35.6 Å². The normalized spacial score (nSPS) is 11.5. The molecule has 3 N–H and O–H groups in total. The summed E-state index contributed by atoms with van der Waals surface area (Å²) in [6.07, 6.45) is 4.83. The number of methoxy groups -OCH3 is 1. The van der Waals surface area contributed by atoms with E-state index in [4.69, 9.17) is 4.74 Å². The Bertz CT molecular complexity index is 917. The van der Waals surface area contributed by atoms with Crippen LogP contribution in [0.3, 0.4) is 0 Å². The summed E-state index contributed by atoms with van der Waals surface area (Å²) in [5, 5.41) is 9.45. The van der Waals surface area contributed by atoms with Crippen LogP contribution in [0.25, 0.3) is 0 Å². The number of para-hydroxylation sites is 2. The third kappa shape index (κ3) is 5.28. The van der Waals surface area contributed by atoms with Gasteiger partial charge in [-0.3, -0.25) is 9.78 Å². The van der Waals surface area contributed by atoms with Crippen LogP contribution in [0.2, 0.25) is 0 Å². The fraction of sp³-hybridized carbons (Fsp3) is 0.190. The smallest absolute Gasteiger partial charge is 0.255 e. The Hall–Kier alpha value is -3.45. The van der Waals surface area contributed by atoms with Gasteiger partial charge >= 0.3 is 0 Å². The van der Waals surface area contributed by atoms with Crippen molar-refractivity contribution in [3.8, 4) is 0 Å². The van der Waals surface area contributed by atoms with Gasteiger partial charge in [-0.15, -0.1) is 0 Å². The van der Waals surface area contributed by atoms with Gasteiger partial charge in [-0.1, -0.05) is 18.2 Å². The molecule has 0 saturated carbocycles. The molecule has 1 amide bonds. The van der Waals surface area contributed by atoms with Crippen molar-refractivity contribution in [3.63, 3.8) is 0 Å². The molecular weight excluding hydrogens is 354 g/mol. The number of aromatic nitrogens is 2. The largest absolute Gasteiger partial charge is 0.383 e. The number of ether oxygens (including phenoxy) is 1. The Kier molecular flexibility index (Phi) is 6.54. The van der Waals surface area contributed by atoms with E-state index in [9.17, 15) is 4.79 Å². The molecule has 28 heavy (non-hydrogen) atoms. The van der Waals surface area contributed by atoms with Gasteiger partial charge in [0.05, 0.1) is 24.2 Å². The van der Waals surface area contributed by atoms with Gasteiger partial charge in [-0.25, -0.2) is 4.98 Å². The summed E-state index contributed by atoms with van der Waals surface area (Å²) in [6.45, 7) is 2.59. The molecule has 0 fully saturated rings. The fourth-order valence-corrected chi connectivity index (χ4v) is 2.72. The second-order valence-electron chi connectivity index (χ2n) is 6.30. The van der Waals surface area contributed by atoms with Gasteiger partial charge in [-0.2, -0.15) is 0 Å². The first-order chi connectivity index (χ1) is 13.7. The predicted molar refractivity (Wildman–Crippen MR) is 111 cm³/mol. The number of amides is 1. The lowest BCUT2D eigenvalue weighted by Crippen LogP contribution is -2.22. The summed E-state index contributed by atoms with van der Waals surface area (Å²) < 4.78 is 5.16. The molecule has 3 rings (SSSR count). The molecule has 0 bridgehead atoms. The maximum absolute atomic E-state index is 12.8. The highest BCUT2D eigenvalue weighted by molar-refractivity contribution is 6.06. The molecule has 0 saturated heterocycles. The Labute approximate surface area is 164 Å². The van der Waals surface area contributed by atoms with Crippen LogP contribution in [-0.2, 0) is 4.74 Å². The van der Waals surface area contributed by atoms with Crippen molar-refractivity contribution in [3.05, 3.63) is 72.7 Å². The van der Waals surface area contributed by atoms with Crippen molar-refractivity contribution in [1.29, 1.82) is 0 Å². The van der Waals surface area contributed by atoms with Crippen molar-refractivity contribution >= 4 is 28.8 Å². The Morgan fingerprint density at radius 2 is 1.93 bits per heavy atom. The van der Waals surface area contributed by atoms with Gasteiger partial charge in [0, 0.05) is 36.8 Å². The predicted octanol–water partition coefficient (Wildman–Crippen LogP) is 3.92. The van der Waals surface area contributed by atoms with Gasteiger partial charge in [0.2, 0.25) is 0 Å². The highest BCUT2D eigenvalue weighted by atomic mass is 16.5. The lowest BCUT2D eigenvalue weighted by molar-refractivity contribution is 0.102. The van der Waals surface area contributed by atoms with E-state index in [1.165, 1.54) is 0 Å². The molecule has 7 nitrogen and oxygen atoms in total. The van der Waals surface area contributed by atoms with Gasteiger partial charge in [0.1, 0.15) is 5.82 Å². The molecule has 1 heterocycles. The molecule has 0 aliphatic heterocycles. The zero-order valence-electron chi connectivity index (χ0n) is 15.8. The highest BCUT2D eigenvalue weighted by Crippen LogP contribution is 2.23. The highest BCUT2D eigenvalue weighted by Gasteiger charge is 2.11. The SMILES string of the molecule is COC[C@H](C)Nc1ccccc1NC(=O)c1cccc(Nc2cnccn2)c1. The van der Waals surface area contributed by atoms with Crippen molar-refractivity contribution in [2.24, 2.45) is 0 Å². The molecule has 2 aromatic carbocycles. The van der Waals surface area contributed by atoms with Crippen molar-refractivity contribution in [1.82, 2.24) is 9.97 Å². The molecule has 7 heteroatoms. The molecule has 1 aromatic heterocycles. The molecule has 3 aromatic rings. The van der Waals surface area contributed by atoms with E-state index >= 15 is 0 Å². The zero-order valence-corrected chi connectivity index (χ0v) is 15.8. The van der Waals surface area contributed by atoms with E-state index in [-0.39, 0.29) is 11.9 Å². The number of carbonyl (C=O) groups is 1. The standard InChI is InChI=1S/C21H23N5O2/c1-15(14-28-2)24-18-8-3-4-9-19(18)26-21(27)16-6-5-7-17(12-16)25-20-13-22-10-11-23-20/h3-13,15,24H,14H2,1-2H3,(H,23,25)(H,26,27)/t15-/m0/s1. The molecular formula is C21H23N5O2. The number of rotatable bonds is 8. The number of nitrogens with one attached hydrogen (secondary N) is 3. The van der Waals surface area contributed by atoms with Gasteiger partial charge in [0.25, 0.3) is 5.91 Å². The molecule has 0 spiro atoms. The first kappa shape index (κ1) is 19.3. The molecule has 0 unspecified atom stereocenters. The molecule has 0 aliphatic rings. The Morgan fingerprint density at radius 3 is 2.68 bits per heavy atom. The monoisotopic (exact) mass is 377 g/mol. The Balaban J connectivity index is 1.72. The zero-order chi connectivity index (χ0) is 19.8. The first-order valence-electron chi connectivity index (χ1n) is 8.94. The molecule has 0 radical (unpaired) electrons. The minimum Gasteiger partial charge on any atom is -0.383 e. The molecule has 1 atom stereocenters. The average Bonchev–Trinajstić information content (AvgIpc) is 2.70. The van der Waals surface area contributed by atoms with E-state index in [1.807, 2.05) is 43.3 Å². The van der Waals surface area contributed by atoms with Gasteiger partial charge in [0.15, 0.2) is 0 Å². The number of benzene rings is 2. The quantitative estimate of drug-likeness (QED) is 0.551. The van der Waals surface area contributed by atoms with E-state index in [0.717, 1.165) is 11.4 Å². The summed E-state index contributed by atoms with van der Waals surface area (Å²) in [5.74, 6) is 0.415. The minimum atomic E-state index is -0.198. The summed E-state index contributed by atoms with van der Waals surface area (Å²) in [4.78, 5) is 21.0. The first-order valence-corrected chi connectivity index (χ1v) is 8.94. The number of carbonyl (C=O) groups excluding carboxylic acids is 1. The average molecular weight is 377 g/mol. The maximum atomic E-state index is 12.8. The van der Waals surface area contributed by atoms with Crippen LogP contribution in [0.4, 0.5) is 22.9 Å². The summed E-state index contributed by atoms with van der Waals surface area (Å²) in [6, 6.07) is 14.9. The number of hydrogen-bond acceptors (Lipinski definition) is 6. The van der Waals surface area contributed by atoms with E-state index in [1.54, 1.807) is 37.8 Å². The van der Waals surface area contributed by atoms with Crippen LogP contribution in [0.15, 0.2) is 67.1 Å². The van der Waals surface area contributed by atoms with Gasteiger partial charge in [-0.05, 0) is 37.3 Å². The van der Waals surface area contributed by atoms with Crippen LogP contribution >= 0.6 is 0 Å². The third-order valence-electron chi connectivity index (χ3n) is 3.95. The van der Waals surface area contributed by atoms with Gasteiger partial charge < -0.3 is 20.7 Å². The van der Waals surface area contributed by atoms with E-state index < -0.39 is 0 Å². The summed E-state index contributed by atoms with van der Waals surface area (Å²) >= 11 is 0. The van der Waals surface area contributed by atoms with Crippen LogP contribution in [0.1, 0.15) is 17.3 Å². The number of hydrogen-bond donors (Lipinski definition) is 3. The third-order valence-corrected chi connectivity index (χ3v) is 3.95. The number of nitrogens with zero attached hydrogens (tertiary/aromatic N) is 2. The summed E-state index contributed by atoms with van der Waals surface area (Å²) in [7, 11) is 1.66. The number of anilines is 4. The van der Waals surface area contributed by atoms with Crippen molar-refractivity contribution in [2.75, 3.05) is 29.7 Å². The van der Waals surface area contributed by atoms with Crippen LogP contribution in [0, 0.1) is 0 Å². The molecule has 0 aliphatic carbocycles. The second-order valence-corrected chi connectivity index (χ2v) is 6.30. The second kappa shape index (κ2) is 9.48. The van der Waals surface area contributed by atoms with E-state index in [0.29, 0.717) is 23.7 Å². The lowest BCUT2D eigenvalue weighted by Gasteiger charge is -2.18. The van der Waals surface area contributed by atoms with Crippen molar-refractivity contribution < 1.29 is 9.53 Å². The van der Waals surface area contributed by atoms with E-state index in [2.05, 4.69) is 25.9 Å². The summed E-state index contributed by atoms with van der Waals surface area (Å²) in [5.41, 5.74) is 2.85. The Morgan fingerprint density at radius 1 is 1.11 bits per heavy atom. The van der Waals surface area contributed by atoms with Crippen LogP contribution < -0.4 is 16.0 Å². The lowest BCUT2D eigenvalue weighted by atomic mass is 10.1. The maximum Gasteiger partial charge on any atom is 0.255 e. The minimum absolute atomic E-state index is 0.113. The fourth-order valence-electron chi connectivity index (χ4n) is 2.72.